The molecular formula is C17H14F2N4O3. The molecule has 1 aliphatic rings. The van der Waals surface area contributed by atoms with Crippen LogP contribution in [0.15, 0.2) is 28.9 Å². The van der Waals surface area contributed by atoms with Crippen molar-refractivity contribution < 1.29 is 18.3 Å². The van der Waals surface area contributed by atoms with Gasteiger partial charge in [0, 0.05) is 24.7 Å². The number of hydrogen-bond donors (Lipinski definition) is 0. The van der Waals surface area contributed by atoms with Crippen molar-refractivity contribution >= 4 is 22.4 Å². The Hall–Kier alpha value is -3.10. The molecular weight excluding hydrogens is 346 g/mol. The maximum atomic E-state index is 13.7. The molecule has 0 saturated carbocycles. The minimum Gasteiger partial charge on any atom is -0.366 e. The molecule has 26 heavy (non-hydrogen) atoms. The molecule has 0 bridgehead atoms. The minimum absolute atomic E-state index is 0.0299. The number of nitrogens with zero attached hydrogens (tertiary/aromatic N) is 4. The molecule has 1 saturated heterocycles. The van der Waals surface area contributed by atoms with Crippen molar-refractivity contribution in [1.29, 1.82) is 0 Å². The molecule has 9 heteroatoms. The third kappa shape index (κ3) is 2.75. The molecule has 1 aromatic heterocycles. The van der Waals surface area contributed by atoms with Gasteiger partial charge in [0.1, 0.15) is 22.8 Å². The van der Waals surface area contributed by atoms with Crippen LogP contribution in [-0.4, -0.2) is 28.3 Å². The normalized spacial score (nSPS) is 14.8. The molecule has 3 aromatic rings. The largest absolute Gasteiger partial charge is 0.366 e. The quantitative estimate of drug-likeness (QED) is 0.517. The molecule has 1 aliphatic heterocycles. The number of aromatic nitrogens is 2. The van der Waals surface area contributed by atoms with Gasteiger partial charge >= 0.3 is 5.69 Å². The van der Waals surface area contributed by atoms with Crippen molar-refractivity contribution in [3.05, 3.63) is 46.0 Å². The van der Waals surface area contributed by atoms with E-state index in [9.17, 15) is 18.9 Å². The Morgan fingerprint density at radius 1 is 1.00 bits per heavy atom. The van der Waals surface area contributed by atoms with E-state index in [0.717, 1.165) is 37.5 Å². The highest BCUT2D eigenvalue weighted by atomic mass is 19.1. The second kappa shape index (κ2) is 6.32. The van der Waals surface area contributed by atoms with Gasteiger partial charge in [-0.05, 0) is 53.3 Å². The van der Waals surface area contributed by atoms with E-state index in [4.69, 9.17) is 4.63 Å². The Labute approximate surface area is 146 Å². The van der Waals surface area contributed by atoms with E-state index in [-0.39, 0.29) is 22.3 Å². The third-order valence-electron chi connectivity index (χ3n) is 4.54. The van der Waals surface area contributed by atoms with E-state index >= 15 is 0 Å². The van der Waals surface area contributed by atoms with E-state index in [1.807, 2.05) is 4.90 Å². The van der Waals surface area contributed by atoms with Crippen LogP contribution in [0.3, 0.4) is 0 Å². The van der Waals surface area contributed by atoms with Gasteiger partial charge in [-0.25, -0.2) is 13.4 Å². The molecule has 0 amide bonds. The summed E-state index contributed by atoms with van der Waals surface area (Å²) < 4.78 is 32.1. The van der Waals surface area contributed by atoms with Gasteiger partial charge in [-0.3, -0.25) is 10.1 Å². The third-order valence-corrected chi connectivity index (χ3v) is 4.54. The minimum atomic E-state index is -0.748. The molecule has 0 atom stereocenters. The first-order valence-corrected chi connectivity index (χ1v) is 8.19. The Morgan fingerprint density at radius 3 is 2.31 bits per heavy atom. The molecule has 2 aromatic carbocycles. The first kappa shape index (κ1) is 16.4. The van der Waals surface area contributed by atoms with Crippen LogP contribution in [0.1, 0.15) is 19.3 Å². The van der Waals surface area contributed by atoms with Crippen molar-refractivity contribution in [2.24, 2.45) is 0 Å². The average molecular weight is 360 g/mol. The number of nitro groups is 1. The Bertz CT molecular complexity index is 979. The van der Waals surface area contributed by atoms with E-state index in [1.165, 1.54) is 0 Å². The Balaban J connectivity index is 2.00. The fourth-order valence-electron chi connectivity index (χ4n) is 3.40. The monoisotopic (exact) mass is 360 g/mol. The fourth-order valence-corrected chi connectivity index (χ4v) is 3.40. The van der Waals surface area contributed by atoms with E-state index in [0.29, 0.717) is 24.3 Å². The van der Waals surface area contributed by atoms with Crippen LogP contribution in [0, 0.1) is 21.7 Å². The van der Waals surface area contributed by atoms with Gasteiger partial charge < -0.3 is 4.90 Å². The SMILES string of the molecule is O=[N+]([O-])c1c(N2CCCCC2)cc(-c2cc(F)cc(F)c2)c2nonc12. The summed E-state index contributed by atoms with van der Waals surface area (Å²) in [5, 5.41) is 19.1. The maximum Gasteiger partial charge on any atom is 0.323 e. The van der Waals surface area contributed by atoms with Crippen molar-refractivity contribution in [3.8, 4) is 11.1 Å². The zero-order valence-corrected chi connectivity index (χ0v) is 13.6. The molecule has 0 aliphatic carbocycles. The van der Waals surface area contributed by atoms with Crippen LogP contribution >= 0.6 is 0 Å². The average Bonchev–Trinajstić information content (AvgIpc) is 3.09. The summed E-state index contributed by atoms with van der Waals surface area (Å²) in [5.41, 5.74) is 0.781. The summed E-state index contributed by atoms with van der Waals surface area (Å²) in [4.78, 5) is 13.1. The summed E-state index contributed by atoms with van der Waals surface area (Å²) >= 11 is 0. The zero-order chi connectivity index (χ0) is 18.3. The van der Waals surface area contributed by atoms with Gasteiger partial charge in [0.2, 0.25) is 5.52 Å². The van der Waals surface area contributed by atoms with Gasteiger partial charge in [-0.1, -0.05) is 0 Å². The van der Waals surface area contributed by atoms with Gasteiger partial charge in [0.05, 0.1) is 4.92 Å². The van der Waals surface area contributed by atoms with Crippen molar-refractivity contribution in [2.75, 3.05) is 18.0 Å². The predicted octanol–water partition coefficient (Wildman–Crippen LogP) is 4.07. The molecule has 0 radical (unpaired) electrons. The zero-order valence-electron chi connectivity index (χ0n) is 13.6. The van der Waals surface area contributed by atoms with Gasteiger partial charge in [0.25, 0.3) is 0 Å². The van der Waals surface area contributed by atoms with Crippen LogP contribution in [0.25, 0.3) is 22.2 Å². The molecule has 0 N–H and O–H groups in total. The lowest BCUT2D eigenvalue weighted by atomic mass is 10.00. The lowest BCUT2D eigenvalue weighted by Crippen LogP contribution is -2.30. The van der Waals surface area contributed by atoms with Crippen LogP contribution in [0.5, 0.6) is 0 Å². The topological polar surface area (TPSA) is 85.3 Å². The Kier molecular flexibility index (Phi) is 3.98. The van der Waals surface area contributed by atoms with E-state index in [1.54, 1.807) is 6.07 Å². The summed E-state index contributed by atoms with van der Waals surface area (Å²) in [5.74, 6) is -1.50. The maximum absolute atomic E-state index is 13.7. The second-order valence-corrected chi connectivity index (χ2v) is 6.22. The molecule has 0 unspecified atom stereocenters. The van der Waals surface area contributed by atoms with Crippen LogP contribution < -0.4 is 4.90 Å². The molecule has 7 nitrogen and oxygen atoms in total. The summed E-state index contributed by atoms with van der Waals surface area (Å²) in [6.07, 6.45) is 2.88. The number of rotatable bonds is 3. The number of benzene rings is 2. The standard InChI is InChI=1S/C17H14F2N4O3/c18-11-6-10(7-12(19)8-11)13-9-14(22-4-2-1-3-5-22)17(23(24)25)16-15(13)20-26-21-16/h6-9H,1-5H2. The van der Waals surface area contributed by atoms with E-state index in [2.05, 4.69) is 10.3 Å². The smallest absolute Gasteiger partial charge is 0.323 e. The molecule has 1 fully saturated rings. The van der Waals surface area contributed by atoms with Crippen molar-refractivity contribution in [3.63, 3.8) is 0 Å². The number of anilines is 1. The summed E-state index contributed by atoms with van der Waals surface area (Å²) in [6.45, 7) is 1.32. The Morgan fingerprint density at radius 2 is 1.65 bits per heavy atom. The van der Waals surface area contributed by atoms with Gasteiger partial charge in [-0.15, -0.1) is 0 Å². The molecule has 2 heterocycles. The van der Waals surface area contributed by atoms with Crippen LogP contribution in [-0.2, 0) is 0 Å². The van der Waals surface area contributed by atoms with Crippen LogP contribution in [0.4, 0.5) is 20.2 Å². The lowest BCUT2D eigenvalue weighted by Gasteiger charge is -2.28. The number of halogens is 2. The fraction of sp³-hybridized carbons (Fsp3) is 0.294. The number of fused-ring (bicyclic) bond motifs is 1. The highest BCUT2D eigenvalue weighted by molar-refractivity contribution is 6.01. The van der Waals surface area contributed by atoms with Gasteiger partial charge in [0.15, 0.2) is 0 Å². The van der Waals surface area contributed by atoms with Crippen molar-refractivity contribution in [2.45, 2.75) is 19.3 Å². The lowest BCUT2D eigenvalue weighted by molar-refractivity contribution is -0.382. The molecule has 0 spiro atoms. The number of piperidine rings is 1. The van der Waals surface area contributed by atoms with E-state index < -0.39 is 16.6 Å². The number of nitro benzene ring substituents is 1. The first-order valence-electron chi connectivity index (χ1n) is 8.19. The predicted molar refractivity (Wildman–Crippen MR) is 89.9 cm³/mol. The van der Waals surface area contributed by atoms with Gasteiger partial charge in [-0.2, -0.15) is 0 Å². The van der Waals surface area contributed by atoms with Crippen molar-refractivity contribution in [1.82, 2.24) is 10.3 Å². The summed E-state index contributed by atoms with van der Waals surface area (Å²) in [6, 6.07) is 4.61. The highest BCUT2D eigenvalue weighted by Gasteiger charge is 2.30. The second-order valence-electron chi connectivity index (χ2n) is 6.22. The molecule has 134 valence electrons. The van der Waals surface area contributed by atoms with Crippen LogP contribution in [0.2, 0.25) is 0 Å². The summed E-state index contributed by atoms with van der Waals surface area (Å²) in [7, 11) is 0. The first-order chi connectivity index (χ1) is 12.5. The number of hydrogen-bond acceptors (Lipinski definition) is 6. The molecule has 4 rings (SSSR count). The highest BCUT2D eigenvalue weighted by Crippen LogP contribution is 2.41.